The van der Waals surface area contributed by atoms with Crippen molar-refractivity contribution in [3.8, 4) is 5.69 Å². The van der Waals surface area contributed by atoms with Crippen molar-refractivity contribution in [3.05, 3.63) is 26.8 Å². The summed E-state index contributed by atoms with van der Waals surface area (Å²) >= 11 is 4.93. The molecule has 74 valence electrons. The third kappa shape index (κ3) is 1.42. The highest BCUT2D eigenvalue weighted by atomic mass is 79.9. The minimum Gasteiger partial charge on any atom is -0.244 e. The van der Waals surface area contributed by atoms with Gasteiger partial charge >= 0.3 is 5.69 Å². The molecule has 0 spiro atoms. The van der Waals surface area contributed by atoms with Gasteiger partial charge in [0.2, 0.25) is 0 Å². The van der Waals surface area contributed by atoms with Gasteiger partial charge in [-0.25, -0.2) is 4.79 Å². The first-order valence-electron chi connectivity index (χ1n) is 3.85. The predicted molar refractivity (Wildman–Crippen MR) is 57.1 cm³/mol. The zero-order valence-corrected chi connectivity index (χ0v) is 9.75. The summed E-state index contributed by atoms with van der Waals surface area (Å²) in [6.45, 7) is 0. The lowest BCUT2D eigenvalue weighted by Crippen LogP contribution is -2.22. The van der Waals surface area contributed by atoms with Crippen LogP contribution in [0, 0.1) is 0 Å². The maximum atomic E-state index is 11.5. The maximum Gasteiger partial charge on any atom is 0.368 e. The average molecular weight is 275 g/mol. The molecule has 0 saturated heterocycles. The van der Waals surface area contributed by atoms with Gasteiger partial charge in [0.05, 0.1) is 5.69 Å². The van der Waals surface area contributed by atoms with Gasteiger partial charge in [0.15, 0.2) is 0 Å². The lowest BCUT2D eigenvalue weighted by molar-refractivity contribution is 0.693. The van der Waals surface area contributed by atoms with Crippen LogP contribution in [0.15, 0.2) is 16.2 Å². The Balaban J connectivity index is 2.60. The number of hydrogen-bond acceptors (Lipinski definition) is 4. The smallest absolute Gasteiger partial charge is 0.244 e. The van der Waals surface area contributed by atoms with E-state index in [4.69, 9.17) is 0 Å². The van der Waals surface area contributed by atoms with Gasteiger partial charge in [-0.3, -0.25) is 0 Å². The molecule has 0 radical (unpaired) electrons. The minimum absolute atomic E-state index is 0.231. The van der Waals surface area contributed by atoms with Crippen molar-refractivity contribution in [1.29, 1.82) is 0 Å². The molecule has 0 fully saturated rings. The van der Waals surface area contributed by atoms with Crippen molar-refractivity contribution in [3.63, 3.8) is 0 Å². The van der Waals surface area contributed by atoms with Crippen LogP contribution in [0.1, 0.15) is 4.88 Å². The van der Waals surface area contributed by atoms with Crippen molar-refractivity contribution in [2.24, 2.45) is 7.05 Å². The van der Waals surface area contributed by atoms with Crippen LogP contribution in [-0.2, 0) is 12.4 Å². The number of aromatic nitrogens is 4. The largest absolute Gasteiger partial charge is 0.368 e. The molecule has 0 unspecified atom stereocenters. The predicted octanol–water partition coefficient (Wildman–Crippen LogP) is 0.922. The number of nitrogens with zero attached hydrogens (tertiary/aromatic N) is 4. The van der Waals surface area contributed by atoms with E-state index in [2.05, 4.69) is 26.4 Å². The summed E-state index contributed by atoms with van der Waals surface area (Å²) in [6, 6.07) is 1.86. The fraction of sp³-hybridized carbons (Fsp3) is 0.286. The Morgan fingerprint density at radius 1 is 1.57 bits per heavy atom. The number of alkyl halides is 1. The fourth-order valence-corrected chi connectivity index (χ4v) is 2.47. The first-order chi connectivity index (χ1) is 6.74. The SMILES string of the molecule is Cn1nnn(-c2ccsc2CBr)c1=O. The summed E-state index contributed by atoms with van der Waals surface area (Å²) in [5.74, 6) is 0. The van der Waals surface area contributed by atoms with Crippen molar-refractivity contribution < 1.29 is 0 Å². The molecule has 2 heterocycles. The second-order valence-electron chi connectivity index (χ2n) is 2.66. The highest BCUT2D eigenvalue weighted by Crippen LogP contribution is 2.21. The van der Waals surface area contributed by atoms with Crippen LogP contribution in [0.4, 0.5) is 0 Å². The molecule has 7 heteroatoms. The molecule has 2 aromatic heterocycles. The Bertz CT molecular complexity index is 500. The van der Waals surface area contributed by atoms with Crippen molar-refractivity contribution in [2.45, 2.75) is 5.33 Å². The van der Waals surface area contributed by atoms with Crippen LogP contribution < -0.4 is 5.69 Å². The number of rotatable bonds is 2. The van der Waals surface area contributed by atoms with E-state index in [-0.39, 0.29) is 5.69 Å². The first-order valence-corrected chi connectivity index (χ1v) is 5.86. The third-order valence-electron chi connectivity index (χ3n) is 1.79. The van der Waals surface area contributed by atoms with Gasteiger partial charge in [0.1, 0.15) is 0 Å². The Morgan fingerprint density at radius 2 is 2.36 bits per heavy atom. The van der Waals surface area contributed by atoms with E-state index in [9.17, 15) is 4.79 Å². The number of hydrogen-bond donors (Lipinski definition) is 0. The fourth-order valence-electron chi connectivity index (χ4n) is 1.09. The van der Waals surface area contributed by atoms with Gasteiger partial charge < -0.3 is 0 Å². The van der Waals surface area contributed by atoms with Crippen molar-refractivity contribution >= 4 is 27.3 Å². The Morgan fingerprint density at radius 3 is 2.93 bits per heavy atom. The monoisotopic (exact) mass is 274 g/mol. The molecule has 14 heavy (non-hydrogen) atoms. The summed E-state index contributed by atoms with van der Waals surface area (Å²) < 4.78 is 2.50. The maximum absolute atomic E-state index is 11.5. The zero-order valence-electron chi connectivity index (χ0n) is 7.35. The van der Waals surface area contributed by atoms with Gasteiger partial charge in [-0.2, -0.15) is 9.36 Å². The molecule has 0 saturated carbocycles. The highest BCUT2D eigenvalue weighted by Gasteiger charge is 2.10. The van der Waals surface area contributed by atoms with Gasteiger partial charge in [0.25, 0.3) is 0 Å². The van der Waals surface area contributed by atoms with Crippen LogP contribution in [0.2, 0.25) is 0 Å². The summed E-state index contributed by atoms with van der Waals surface area (Å²) in [7, 11) is 1.58. The van der Waals surface area contributed by atoms with Gasteiger partial charge in [-0.15, -0.1) is 11.3 Å². The molecule has 2 aromatic rings. The lowest BCUT2D eigenvalue weighted by atomic mass is 10.4. The molecule has 0 atom stereocenters. The highest BCUT2D eigenvalue weighted by molar-refractivity contribution is 9.08. The molecule has 2 rings (SSSR count). The van der Waals surface area contributed by atoms with E-state index in [0.29, 0.717) is 5.33 Å². The average Bonchev–Trinajstić information content (AvgIpc) is 2.75. The van der Waals surface area contributed by atoms with Gasteiger partial charge in [-0.05, 0) is 21.9 Å². The third-order valence-corrected chi connectivity index (χ3v) is 3.64. The van der Waals surface area contributed by atoms with Crippen LogP contribution in [-0.4, -0.2) is 19.8 Å². The Hall–Kier alpha value is -0.950. The van der Waals surface area contributed by atoms with Crippen molar-refractivity contribution in [1.82, 2.24) is 19.8 Å². The molecule has 0 bridgehead atoms. The molecule has 0 amide bonds. The quantitative estimate of drug-likeness (QED) is 0.766. The van der Waals surface area contributed by atoms with Crippen LogP contribution in [0.25, 0.3) is 5.69 Å². The molecular formula is C7H7BrN4OS. The lowest BCUT2D eigenvalue weighted by Gasteiger charge is -1.96. The number of aryl methyl sites for hydroxylation is 1. The Kier molecular flexibility index (Phi) is 2.51. The molecule has 5 nitrogen and oxygen atoms in total. The number of thiophene rings is 1. The van der Waals surface area contributed by atoms with Crippen LogP contribution >= 0.6 is 27.3 Å². The van der Waals surface area contributed by atoms with E-state index in [1.165, 1.54) is 9.36 Å². The molecule has 0 aliphatic carbocycles. The van der Waals surface area contributed by atoms with E-state index in [1.807, 2.05) is 11.4 Å². The van der Waals surface area contributed by atoms with E-state index < -0.39 is 0 Å². The molecule has 0 aromatic carbocycles. The second kappa shape index (κ2) is 3.66. The molecule has 0 aliphatic rings. The van der Waals surface area contributed by atoms with Gasteiger partial charge in [0, 0.05) is 17.3 Å². The second-order valence-corrected chi connectivity index (χ2v) is 4.22. The summed E-state index contributed by atoms with van der Waals surface area (Å²) in [6.07, 6.45) is 0. The van der Waals surface area contributed by atoms with Crippen LogP contribution in [0.3, 0.4) is 0 Å². The molecule has 0 aliphatic heterocycles. The van der Waals surface area contributed by atoms with E-state index in [0.717, 1.165) is 10.6 Å². The standard InChI is InChI=1S/C7H7BrN4OS/c1-11-7(13)12(10-9-11)5-2-3-14-6(5)4-8/h2-3H,4H2,1H3. The van der Waals surface area contributed by atoms with Crippen molar-refractivity contribution in [2.75, 3.05) is 0 Å². The topological polar surface area (TPSA) is 52.7 Å². The minimum atomic E-state index is -0.231. The normalized spacial score (nSPS) is 10.7. The Labute approximate surface area is 92.1 Å². The first kappa shape index (κ1) is 9.60. The van der Waals surface area contributed by atoms with Gasteiger partial charge in [-0.1, -0.05) is 15.9 Å². The summed E-state index contributed by atoms with van der Waals surface area (Å²) in [5.41, 5.74) is 0.565. The number of tetrazole rings is 1. The summed E-state index contributed by atoms with van der Waals surface area (Å²) in [5, 5.41) is 10.1. The van der Waals surface area contributed by atoms with E-state index in [1.54, 1.807) is 18.4 Å². The summed E-state index contributed by atoms with van der Waals surface area (Å²) in [4.78, 5) is 12.6. The van der Waals surface area contributed by atoms with E-state index >= 15 is 0 Å². The molecule has 0 N–H and O–H groups in total. The molecular weight excluding hydrogens is 268 g/mol. The van der Waals surface area contributed by atoms with Crippen LogP contribution in [0.5, 0.6) is 0 Å². The number of halogens is 1. The zero-order chi connectivity index (χ0) is 10.1.